The average Bonchev–Trinajstić information content (AvgIpc) is 2.68. The highest BCUT2D eigenvalue weighted by molar-refractivity contribution is 7.98. The summed E-state index contributed by atoms with van der Waals surface area (Å²) in [7, 11) is 0. The lowest BCUT2D eigenvalue weighted by Gasteiger charge is -2.17. The van der Waals surface area contributed by atoms with Crippen molar-refractivity contribution in [1.29, 1.82) is 0 Å². The number of carbonyl (C=O) groups is 4. The van der Waals surface area contributed by atoms with E-state index in [1.54, 1.807) is 31.2 Å². The van der Waals surface area contributed by atoms with Crippen molar-refractivity contribution in [1.82, 2.24) is 10.6 Å². The molecular formula is C18H24N2O7S. The minimum absolute atomic E-state index is 0.104. The van der Waals surface area contributed by atoms with Crippen LogP contribution < -0.4 is 15.4 Å². The smallest absolute Gasteiger partial charge is 0.413 e. The monoisotopic (exact) mass is 412 g/mol. The number of amides is 3. The number of hydrogen-bond acceptors (Lipinski definition) is 8. The number of hydrogen-bond donors (Lipinski definition) is 2. The van der Waals surface area contributed by atoms with Crippen LogP contribution in [0.1, 0.15) is 13.3 Å². The van der Waals surface area contributed by atoms with E-state index in [2.05, 4.69) is 10.1 Å². The molecule has 1 aromatic carbocycles. The van der Waals surface area contributed by atoms with Crippen molar-refractivity contribution >= 4 is 35.6 Å². The molecule has 0 unspecified atom stereocenters. The third-order valence-electron chi connectivity index (χ3n) is 3.21. The molecule has 10 heteroatoms. The minimum atomic E-state index is -0.935. The molecule has 0 aromatic heterocycles. The number of alkyl carbamates (subject to hydrolysis) is 1. The van der Waals surface area contributed by atoms with Gasteiger partial charge in [-0.2, -0.15) is 11.8 Å². The summed E-state index contributed by atoms with van der Waals surface area (Å²) >= 11 is 1.49. The molecule has 0 saturated heterocycles. The van der Waals surface area contributed by atoms with E-state index in [1.165, 1.54) is 11.8 Å². The third kappa shape index (κ3) is 9.81. The largest absolute Gasteiger partial charge is 0.484 e. The molecule has 28 heavy (non-hydrogen) atoms. The maximum Gasteiger partial charge on any atom is 0.413 e. The Bertz CT molecular complexity index is 655. The van der Waals surface area contributed by atoms with Gasteiger partial charge in [0.25, 0.3) is 11.8 Å². The summed E-state index contributed by atoms with van der Waals surface area (Å²) in [5.74, 6) is -0.982. The third-order valence-corrected chi connectivity index (χ3v) is 3.85. The molecule has 2 N–H and O–H groups in total. The number of rotatable bonds is 11. The molecular weight excluding hydrogens is 388 g/mol. The normalized spacial score (nSPS) is 11.1. The van der Waals surface area contributed by atoms with Crippen LogP contribution in [-0.4, -0.2) is 61.7 Å². The van der Waals surface area contributed by atoms with Gasteiger partial charge in [-0.15, -0.1) is 0 Å². The standard InChI is InChI=1S/C18H24N2O7S/c1-3-25-18(24)20-16(22)12-27-17(23)14(9-10-28-2)19-15(21)11-26-13-7-5-4-6-8-13/h4-8,14H,3,9-12H2,1-2H3,(H,19,21)(H,20,22,24)/t14-/m1/s1. The zero-order chi connectivity index (χ0) is 20.8. The predicted molar refractivity (Wildman–Crippen MR) is 103 cm³/mol. The van der Waals surface area contributed by atoms with Crippen molar-refractivity contribution in [2.24, 2.45) is 0 Å². The van der Waals surface area contributed by atoms with Gasteiger partial charge in [0.1, 0.15) is 11.8 Å². The van der Waals surface area contributed by atoms with Crippen LogP contribution in [0.5, 0.6) is 5.75 Å². The first-order valence-corrected chi connectivity index (χ1v) is 9.95. The van der Waals surface area contributed by atoms with Crippen LogP contribution in [0, 0.1) is 0 Å². The van der Waals surface area contributed by atoms with Crippen LogP contribution in [0.15, 0.2) is 30.3 Å². The summed E-state index contributed by atoms with van der Waals surface area (Å²) in [6.45, 7) is 0.761. The van der Waals surface area contributed by atoms with Gasteiger partial charge in [-0.3, -0.25) is 14.9 Å². The van der Waals surface area contributed by atoms with Gasteiger partial charge in [-0.05, 0) is 37.5 Å². The molecule has 0 saturated carbocycles. The molecule has 0 radical (unpaired) electrons. The molecule has 0 aliphatic rings. The second-order valence-electron chi connectivity index (χ2n) is 5.38. The highest BCUT2D eigenvalue weighted by Gasteiger charge is 2.23. The zero-order valence-corrected chi connectivity index (χ0v) is 16.6. The molecule has 3 amide bonds. The fraction of sp³-hybridized carbons (Fsp3) is 0.444. The van der Waals surface area contributed by atoms with E-state index in [4.69, 9.17) is 9.47 Å². The van der Waals surface area contributed by atoms with Gasteiger partial charge in [0, 0.05) is 0 Å². The van der Waals surface area contributed by atoms with E-state index >= 15 is 0 Å². The second kappa shape index (κ2) is 13.4. The molecule has 1 atom stereocenters. The molecule has 0 aliphatic carbocycles. The highest BCUT2D eigenvalue weighted by Crippen LogP contribution is 2.08. The van der Waals surface area contributed by atoms with Gasteiger partial charge in [0.2, 0.25) is 0 Å². The first kappa shape index (κ1) is 23.3. The van der Waals surface area contributed by atoms with Crippen molar-refractivity contribution in [2.45, 2.75) is 19.4 Å². The Balaban J connectivity index is 2.48. The molecule has 154 valence electrons. The molecule has 0 fully saturated rings. The van der Waals surface area contributed by atoms with Crippen molar-refractivity contribution in [3.63, 3.8) is 0 Å². The zero-order valence-electron chi connectivity index (χ0n) is 15.8. The highest BCUT2D eigenvalue weighted by atomic mass is 32.2. The lowest BCUT2D eigenvalue weighted by atomic mass is 10.2. The fourth-order valence-corrected chi connectivity index (χ4v) is 2.41. The average molecular weight is 412 g/mol. The number of carbonyl (C=O) groups excluding carboxylic acids is 4. The van der Waals surface area contributed by atoms with E-state index in [9.17, 15) is 19.2 Å². The fourth-order valence-electron chi connectivity index (χ4n) is 1.94. The molecule has 1 aromatic rings. The maximum atomic E-state index is 12.2. The predicted octanol–water partition coefficient (Wildman–Crippen LogP) is 1.12. The molecule has 1 rings (SSSR count). The Morgan fingerprint density at radius 1 is 1.04 bits per heavy atom. The van der Waals surface area contributed by atoms with Crippen LogP contribution in [-0.2, 0) is 23.9 Å². The molecule has 9 nitrogen and oxygen atoms in total. The van der Waals surface area contributed by atoms with Gasteiger partial charge in [0.15, 0.2) is 13.2 Å². The summed E-state index contributed by atoms with van der Waals surface area (Å²) in [5, 5.41) is 4.44. The first-order valence-electron chi connectivity index (χ1n) is 8.55. The van der Waals surface area contributed by atoms with E-state index in [0.717, 1.165) is 0 Å². The lowest BCUT2D eigenvalue weighted by molar-refractivity contribution is -0.151. The number of esters is 1. The summed E-state index contributed by atoms with van der Waals surface area (Å²) in [6.07, 6.45) is 1.25. The summed E-state index contributed by atoms with van der Waals surface area (Å²) in [4.78, 5) is 46.9. The van der Waals surface area contributed by atoms with Crippen LogP contribution in [0.4, 0.5) is 4.79 Å². The molecule has 0 heterocycles. The number of thioether (sulfide) groups is 1. The molecule has 0 spiro atoms. The van der Waals surface area contributed by atoms with E-state index in [-0.39, 0.29) is 13.2 Å². The number of benzene rings is 1. The van der Waals surface area contributed by atoms with Gasteiger partial charge in [0.05, 0.1) is 6.61 Å². The van der Waals surface area contributed by atoms with Crippen molar-refractivity contribution in [2.75, 3.05) is 31.8 Å². The van der Waals surface area contributed by atoms with E-state index < -0.39 is 36.5 Å². The maximum absolute atomic E-state index is 12.2. The van der Waals surface area contributed by atoms with Crippen LogP contribution >= 0.6 is 11.8 Å². The Labute approximate surface area is 167 Å². The number of imide groups is 1. The van der Waals surface area contributed by atoms with Crippen LogP contribution in [0.25, 0.3) is 0 Å². The topological polar surface area (TPSA) is 120 Å². The van der Waals surface area contributed by atoms with Gasteiger partial charge < -0.3 is 19.5 Å². The number of para-hydroxylation sites is 1. The van der Waals surface area contributed by atoms with Gasteiger partial charge in [-0.1, -0.05) is 18.2 Å². The Morgan fingerprint density at radius 2 is 1.75 bits per heavy atom. The SMILES string of the molecule is CCOC(=O)NC(=O)COC(=O)[C@@H](CCSC)NC(=O)COc1ccccc1. The van der Waals surface area contributed by atoms with E-state index in [0.29, 0.717) is 17.9 Å². The van der Waals surface area contributed by atoms with E-state index in [1.807, 2.05) is 17.6 Å². The number of ether oxygens (including phenoxy) is 3. The first-order chi connectivity index (χ1) is 13.5. The van der Waals surface area contributed by atoms with Gasteiger partial charge >= 0.3 is 12.1 Å². The second-order valence-corrected chi connectivity index (χ2v) is 6.37. The summed E-state index contributed by atoms with van der Waals surface area (Å²) < 4.78 is 14.8. The summed E-state index contributed by atoms with van der Waals surface area (Å²) in [5.41, 5.74) is 0. The number of nitrogens with one attached hydrogen (secondary N) is 2. The van der Waals surface area contributed by atoms with Crippen LogP contribution in [0.3, 0.4) is 0 Å². The van der Waals surface area contributed by atoms with Crippen molar-refractivity contribution in [3.8, 4) is 5.75 Å². The van der Waals surface area contributed by atoms with Crippen molar-refractivity contribution in [3.05, 3.63) is 30.3 Å². The Morgan fingerprint density at radius 3 is 2.39 bits per heavy atom. The Hall–Kier alpha value is -2.75. The molecule has 0 aliphatic heterocycles. The lowest BCUT2D eigenvalue weighted by Crippen LogP contribution is -2.45. The summed E-state index contributed by atoms with van der Waals surface area (Å²) in [6, 6.07) is 7.83. The van der Waals surface area contributed by atoms with Crippen molar-refractivity contribution < 1.29 is 33.4 Å². The molecule has 0 bridgehead atoms. The van der Waals surface area contributed by atoms with Crippen LogP contribution in [0.2, 0.25) is 0 Å². The van der Waals surface area contributed by atoms with Gasteiger partial charge in [-0.25, -0.2) is 9.59 Å². The quantitative estimate of drug-likeness (QED) is 0.519. The Kier molecular flexibility index (Phi) is 11.2. The minimum Gasteiger partial charge on any atom is -0.484 e.